The second-order valence-corrected chi connectivity index (χ2v) is 8.99. The van der Waals surface area contributed by atoms with Gasteiger partial charge < -0.3 is 15.5 Å². The van der Waals surface area contributed by atoms with Gasteiger partial charge in [0.25, 0.3) is 0 Å². The van der Waals surface area contributed by atoms with Crippen LogP contribution >= 0.6 is 23.2 Å². The fourth-order valence-electron chi connectivity index (χ4n) is 4.19. The molecule has 0 aliphatic carbocycles. The molecule has 4 aromatic rings. The Bertz CT molecular complexity index is 1240. The summed E-state index contributed by atoms with van der Waals surface area (Å²) in [6.45, 7) is 3.54. The molecule has 3 heterocycles. The zero-order valence-corrected chi connectivity index (χ0v) is 19.1. The molecule has 0 spiro atoms. The zero-order chi connectivity index (χ0) is 22.1. The molecular weight excluding hydrogens is 443 g/mol. The summed E-state index contributed by atoms with van der Waals surface area (Å²) >= 11 is 12.5. The predicted molar refractivity (Wildman–Crippen MR) is 131 cm³/mol. The number of H-pyrrole nitrogens is 1. The highest BCUT2D eigenvalue weighted by Gasteiger charge is 2.14. The predicted octanol–water partition coefficient (Wildman–Crippen LogP) is 6.29. The number of likely N-dealkylation sites (tertiary alicyclic amines) is 1. The van der Waals surface area contributed by atoms with Crippen LogP contribution < -0.4 is 10.5 Å². The van der Waals surface area contributed by atoms with E-state index in [1.54, 1.807) is 24.4 Å². The highest BCUT2D eigenvalue weighted by molar-refractivity contribution is 6.35. The highest BCUT2D eigenvalue weighted by atomic mass is 35.5. The number of ether oxygens (including phenoxy) is 1. The smallest absolute Gasteiger partial charge is 0.166 e. The molecule has 0 unspecified atom stereocenters. The number of pyridine rings is 1. The van der Waals surface area contributed by atoms with Crippen LogP contribution in [-0.2, 0) is 13.2 Å². The molecule has 0 saturated carbocycles. The van der Waals surface area contributed by atoms with Gasteiger partial charge in [-0.25, -0.2) is 4.98 Å². The minimum absolute atomic E-state index is 0.213. The van der Waals surface area contributed by atoms with Gasteiger partial charge in [-0.15, -0.1) is 0 Å². The van der Waals surface area contributed by atoms with Crippen molar-refractivity contribution in [2.45, 2.75) is 26.0 Å². The van der Waals surface area contributed by atoms with E-state index in [0.717, 1.165) is 28.8 Å². The second kappa shape index (κ2) is 9.02. The zero-order valence-electron chi connectivity index (χ0n) is 17.6. The molecule has 2 aromatic heterocycles. The number of fused-ring (bicyclic) bond motifs is 1. The number of anilines is 1. The van der Waals surface area contributed by atoms with Crippen LogP contribution in [0.5, 0.6) is 5.75 Å². The van der Waals surface area contributed by atoms with Gasteiger partial charge >= 0.3 is 0 Å². The molecule has 164 valence electrons. The summed E-state index contributed by atoms with van der Waals surface area (Å²) < 4.78 is 5.94. The molecule has 0 bridgehead atoms. The number of benzene rings is 2. The van der Waals surface area contributed by atoms with Gasteiger partial charge in [-0.1, -0.05) is 35.3 Å². The normalized spacial score (nSPS) is 14.3. The maximum Gasteiger partial charge on any atom is 0.166 e. The molecular formula is C25H24Cl2N4O. The molecule has 5 nitrogen and oxygen atoms in total. The first-order valence-electron chi connectivity index (χ1n) is 10.7. The number of halogens is 2. The minimum atomic E-state index is 0.213. The third-order valence-corrected chi connectivity index (χ3v) is 6.63. The summed E-state index contributed by atoms with van der Waals surface area (Å²) in [4.78, 5) is 10.4. The van der Waals surface area contributed by atoms with E-state index in [2.05, 4.69) is 39.1 Å². The Morgan fingerprint density at radius 3 is 2.56 bits per heavy atom. The highest BCUT2D eigenvalue weighted by Crippen LogP contribution is 2.32. The Morgan fingerprint density at radius 1 is 1.00 bits per heavy atom. The lowest BCUT2D eigenvalue weighted by molar-refractivity contribution is 0.307. The Kier molecular flexibility index (Phi) is 5.96. The first kappa shape index (κ1) is 21.1. The summed E-state index contributed by atoms with van der Waals surface area (Å²) in [7, 11) is 0. The second-order valence-electron chi connectivity index (χ2n) is 8.18. The van der Waals surface area contributed by atoms with Gasteiger partial charge in [0.1, 0.15) is 6.61 Å². The number of hydrogen-bond acceptors (Lipinski definition) is 4. The number of nitrogens with zero attached hydrogens (tertiary/aromatic N) is 2. The van der Waals surface area contributed by atoms with Crippen LogP contribution in [0.4, 0.5) is 5.82 Å². The molecule has 1 aliphatic heterocycles. The molecule has 3 N–H and O–H groups in total. The van der Waals surface area contributed by atoms with Gasteiger partial charge in [-0.2, -0.15) is 0 Å². The van der Waals surface area contributed by atoms with E-state index in [9.17, 15) is 0 Å². The Morgan fingerprint density at radius 2 is 1.78 bits per heavy atom. The largest absolute Gasteiger partial charge is 0.485 e. The summed E-state index contributed by atoms with van der Waals surface area (Å²) in [5.41, 5.74) is 11.2. The minimum Gasteiger partial charge on any atom is -0.485 e. The van der Waals surface area contributed by atoms with Gasteiger partial charge in [0, 0.05) is 50.5 Å². The first-order chi connectivity index (χ1) is 15.6. The Hall–Kier alpha value is -2.73. The number of aromatic nitrogens is 2. The van der Waals surface area contributed by atoms with E-state index in [4.69, 9.17) is 33.7 Å². The summed E-state index contributed by atoms with van der Waals surface area (Å²) in [6.07, 6.45) is 4.35. The van der Waals surface area contributed by atoms with Crippen LogP contribution in [0.2, 0.25) is 10.0 Å². The summed E-state index contributed by atoms with van der Waals surface area (Å²) in [6, 6.07) is 15.9. The number of nitrogen functional groups attached to an aromatic ring is 1. The standard InChI is InChI=1S/C25H24Cl2N4O/c26-21-4-3-5-22(27)20(21)15-32-24-12-18(13-29-25(24)28)16-6-7-23-17(10-16)11-19(30-23)14-31-8-1-2-9-31/h3-7,10-13,30H,1-2,8-9,14-15H2,(H2,28,29). The third-order valence-electron chi connectivity index (χ3n) is 5.92. The molecule has 7 heteroatoms. The van der Waals surface area contributed by atoms with Crippen molar-refractivity contribution in [2.24, 2.45) is 0 Å². The molecule has 1 saturated heterocycles. The number of nitrogens with two attached hydrogens (primary N) is 1. The lowest BCUT2D eigenvalue weighted by Gasteiger charge is -2.12. The van der Waals surface area contributed by atoms with Crippen molar-refractivity contribution in [1.82, 2.24) is 14.9 Å². The maximum atomic E-state index is 6.26. The number of rotatable bonds is 6. The van der Waals surface area contributed by atoms with Crippen LogP contribution in [0.1, 0.15) is 24.1 Å². The average Bonchev–Trinajstić information content (AvgIpc) is 3.43. The van der Waals surface area contributed by atoms with Gasteiger partial charge in [0.2, 0.25) is 0 Å². The lowest BCUT2D eigenvalue weighted by atomic mass is 10.1. The van der Waals surface area contributed by atoms with Crippen LogP contribution in [0.25, 0.3) is 22.0 Å². The molecule has 5 rings (SSSR count). The molecule has 1 aliphatic rings. The van der Waals surface area contributed by atoms with E-state index in [-0.39, 0.29) is 6.61 Å². The van der Waals surface area contributed by atoms with E-state index in [0.29, 0.717) is 21.6 Å². The van der Waals surface area contributed by atoms with Crippen LogP contribution in [-0.4, -0.2) is 28.0 Å². The van der Waals surface area contributed by atoms with Gasteiger partial charge in [-0.05, 0) is 67.9 Å². The fourth-order valence-corrected chi connectivity index (χ4v) is 4.69. The van der Waals surface area contributed by atoms with Crippen molar-refractivity contribution >= 4 is 39.9 Å². The number of nitrogens with one attached hydrogen (secondary N) is 1. The molecule has 0 amide bonds. The van der Waals surface area contributed by atoms with E-state index < -0.39 is 0 Å². The molecule has 1 fully saturated rings. The maximum absolute atomic E-state index is 6.26. The fraction of sp³-hybridized carbons (Fsp3) is 0.240. The van der Waals surface area contributed by atoms with E-state index >= 15 is 0 Å². The average molecular weight is 467 g/mol. The van der Waals surface area contributed by atoms with Crippen molar-refractivity contribution in [3.8, 4) is 16.9 Å². The van der Waals surface area contributed by atoms with Gasteiger partial charge in [-0.3, -0.25) is 4.90 Å². The topological polar surface area (TPSA) is 67.2 Å². The Balaban J connectivity index is 1.38. The summed E-state index contributed by atoms with van der Waals surface area (Å²) in [5, 5.41) is 2.30. The molecule has 32 heavy (non-hydrogen) atoms. The SMILES string of the molecule is Nc1ncc(-c2ccc3[nH]c(CN4CCCC4)cc3c2)cc1OCc1c(Cl)cccc1Cl. The van der Waals surface area contributed by atoms with Crippen molar-refractivity contribution in [2.75, 3.05) is 18.8 Å². The molecule has 2 aromatic carbocycles. The quantitative estimate of drug-likeness (QED) is 0.350. The number of aromatic amines is 1. The van der Waals surface area contributed by atoms with Crippen molar-refractivity contribution in [3.05, 3.63) is 76.0 Å². The third kappa shape index (κ3) is 4.42. The van der Waals surface area contributed by atoms with Crippen molar-refractivity contribution in [3.63, 3.8) is 0 Å². The monoisotopic (exact) mass is 466 g/mol. The molecule has 0 radical (unpaired) electrons. The van der Waals surface area contributed by atoms with E-state index in [1.807, 2.05) is 6.07 Å². The van der Waals surface area contributed by atoms with Crippen molar-refractivity contribution in [1.29, 1.82) is 0 Å². The van der Waals surface area contributed by atoms with Crippen molar-refractivity contribution < 1.29 is 4.74 Å². The van der Waals surface area contributed by atoms with Gasteiger partial charge in [0.05, 0.1) is 0 Å². The van der Waals surface area contributed by atoms with Crippen LogP contribution in [0.15, 0.2) is 54.7 Å². The first-order valence-corrected chi connectivity index (χ1v) is 11.5. The van der Waals surface area contributed by atoms with Gasteiger partial charge in [0.15, 0.2) is 11.6 Å². The van der Waals surface area contributed by atoms with E-state index in [1.165, 1.54) is 37.0 Å². The van der Waals surface area contributed by atoms with Crippen LogP contribution in [0.3, 0.4) is 0 Å². The Labute approximate surface area is 197 Å². The molecule has 0 atom stereocenters. The lowest BCUT2D eigenvalue weighted by Crippen LogP contribution is -2.18. The number of hydrogen-bond donors (Lipinski definition) is 2. The van der Waals surface area contributed by atoms with Crippen LogP contribution in [0, 0.1) is 0 Å². The summed E-state index contributed by atoms with van der Waals surface area (Å²) in [5.74, 6) is 0.829.